The van der Waals surface area contributed by atoms with Crippen LogP contribution < -0.4 is 25.7 Å². The molecule has 3 N–H and O–H groups in total. The molecule has 0 spiro atoms. The highest BCUT2D eigenvalue weighted by Crippen LogP contribution is 2.26. The smallest absolute Gasteiger partial charge is 0.285 e. The number of carbonyl (C=O) groups excluding carboxylic acids is 1. The Bertz CT molecular complexity index is 1560. The number of pyridine rings is 1. The SMILES string of the molecule is C=C/C(N/C(=C(\C=N)C(=O)Nc1cc(P)c(-n2nccn2)nc1C)C(C)(F)F)=c1/ccs/c1=C(/C)C#N. The van der Waals surface area contributed by atoms with Crippen LogP contribution in [0.2, 0.25) is 0 Å². The standard InChI is InChI=1S/C24H23F2N8OPS/c1-5-17(15-6-9-37-20(15)13(2)11-27)32-21(24(4,25)26)16(12-28)23(35)33-18-10-19(36)22(31-14(18)3)34-29-7-8-30-34/h5-10,12,28,32H,1,36H2,2-4H3,(H,33,35)/b17-15+,20-13-,21-16+,28-12?. The zero-order valence-corrected chi connectivity index (χ0v) is 22.1. The lowest BCUT2D eigenvalue weighted by Gasteiger charge is -2.21. The second-order valence-corrected chi connectivity index (χ2v) is 9.31. The molecule has 9 nitrogen and oxygen atoms in total. The van der Waals surface area contributed by atoms with Crippen molar-refractivity contribution in [3.05, 3.63) is 69.3 Å². The molecule has 1 unspecified atom stereocenters. The van der Waals surface area contributed by atoms with Crippen molar-refractivity contribution in [1.82, 2.24) is 25.3 Å². The van der Waals surface area contributed by atoms with Crippen LogP contribution in [0, 0.1) is 23.7 Å². The molecule has 3 rings (SSSR count). The van der Waals surface area contributed by atoms with Crippen molar-refractivity contribution >= 4 is 55.0 Å². The van der Waals surface area contributed by atoms with Crippen molar-refractivity contribution in [2.24, 2.45) is 0 Å². The number of rotatable bonds is 8. The van der Waals surface area contributed by atoms with Gasteiger partial charge in [-0.05, 0) is 37.4 Å². The number of carbonyl (C=O) groups is 1. The average molecular weight is 541 g/mol. The minimum atomic E-state index is -3.53. The topological polar surface area (TPSA) is 132 Å². The predicted octanol–water partition coefficient (Wildman–Crippen LogP) is 2.31. The number of hydrogen-bond donors (Lipinski definition) is 3. The molecule has 0 aliphatic carbocycles. The van der Waals surface area contributed by atoms with Gasteiger partial charge in [0.15, 0.2) is 5.82 Å². The van der Waals surface area contributed by atoms with Crippen LogP contribution in [-0.2, 0) is 4.79 Å². The number of allylic oxidation sites excluding steroid dienone is 1. The second-order valence-electron chi connectivity index (χ2n) is 7.77. The van der Waals surface area contributed by atoms with Crippen LogP contribution in [0.25, 0.3) is 17.1 Å². The maximum atomic E-state index is 14.8. The van der Waals surface area contributed by atoms with E-state index in [0.29, 0.717) is 45.3 Å². The minimum Gasteiger partial charge on any atom is -0.353 e. The molecule has 0 aliphatic heterocycles. The molecule has 0 bridgehead atoms. The number of aromatic nitrogens is 4. The van der Waals surface area contributed by atoms with Crippen LogP contribution in [0.15, 0.2) is 53.8 Å². The van der Waals surface area contributed by atoms with Crippen LogP contribution in [0.1, 0.15) is 19.5 Å². The summed E-state index contributed by atoms with van der Waals surface area (Å²) in [7, 11) is 2.46. The van der Waals surface area contributed by atoms with E-state index in [1.54, 1.807) is 31.4 Å². The molecule has 3 aromatic heterocycles. The molecule has 1 atom stereocenters. The molecule has 0 aromatic carbocycles. The monoisotopic (exact) mass is 540 g/mol. The van der Waals surface area contributed by atoms with E-state index in [1.807, 2.05) is 6.07 Å². The van der Waals surface area contributed by atoms with Gasteiger partial charge in [0.1, 0.15) is 0 Å². The van der Waals surface area contributed by atoms with Crippen LogP contribution >= 0.6 is 20.6 Å². The molecule has 0 saturated heterocycles. The van der Waals surface area contributed by atoms with Crippen LogP contribution in [0.4, 0.5) is 14.5 Å². The molecular formula is C24H23F2N8OPS. The maximum Gasteiger partial charge on any atom is 0.285 e. The predicted molar refractivity (Wildman–Crippen MR) is 143 cm³/mol. The number of anilines is 1. The molecule has 0 fully saturated rings. The Kier molecular flexibility index (Phi) is 8.42. The van der Waals surface area contributed by atoms with Gasteiger partial charge in [0, 0.05) is 39.5 Å². The van der Waals surface area contributed by atoms with E-state index in [-0.39, 0.29) is 11.4 Å². The van der Waals surface area contributed by atoms with E-state index in [2.05, 4.69) is 41.6 Å². The average Bonchev–Trinajstić information content (AvgIpc) is 3.55. The van der Waals surface area contributed by atoms with Crippen molar-refractivity contribution in [1.29, 1.82) is 10.7 Å². The summed E-state index contributed by atoms with van der Waals surface area (Å²) in [5.41, 5.74) is -0.178. The van der Waals surface area contributed by atoms with Gasteiger partial charge in [-0.1, -0.05) is 6.58 Å². The third-order valence-corrected chi connectivity index (χ3v) is 6.56. The molecule has 0 aliphatic rings. The van der Waals surface area contributed by atoms with Crippen molar-refractivity contribution < 1.29 is 13.6 Å². The minimum absolute atomic E-state index is 0.163. The van der Waals surface area contributed by atoms with Gasteiger partial charge in [0.25, 0.3) is 11.8 Å². The van der Waals surface area contributed by atoms with Gasteiger partial charge >= 0.3 is 0 Å². The summed E-state index contributed by atoms with van der Waals surface area (Å²) in [4.78, 5) is 18.9. The van der Waals surface area contributed by atoms with Gasteiger partial charge in [-0.3, -0.25) is 4.79 Å². The van der Waals surface area contributed by atoms with Crippen molar-refractivity contribution in [3.8, 4) is 11.9 Å². The van der Waals surface area contributed by atoms with Gasteiger partial charge < -0.3 is 16.0 Å². The van der Waals surface area contributed by atoms with Crippen molar-refractivity contribution in [2.75, 3.05) is 5.32 Å². The fraction of sp³-hybridized carbons (Fsp3) is 0.167. The quantitative estimate of drug-likeness (QED) is 0.228. The van der Waals surface area contributed by atoms with E-state index in [4.69, 9.17) is 5.41 Å². The van der Waals surface area contributed by atoms with Gasteiger partial charge in [-0.25, -0.2) is 4.98 Å². The fourth-order valence-electron chi connectivity index (χ4n) is 3.30. The van der Waals surface area contributed by atoms with Gasteiger partial charge in [-0.15, -0.1) is 25.4 Å². The summed E-state index contributed by atoms with van der Waals surface area (Å²) in [5.74, 6) is -4.05. The lowest BCUT2D eigenvalue weighted by Crippen LogP contribution is -2.36. The molecular weight excluding hydrogens is 517 g/mol. The van der Waals surface area contributed by atoms with Gasteiger partial charge in [0.2, 0.25) is 0 Å². The Hall–Kier alpha value is -4.07. The summed E-state index contributed by atoms with van der Waals surface area (Å²) in [5, 5.41) is 33.0. The molecule has 37 heavy (non-hydrogen) atoms. The number of nitriles is 1. The summed E-state index contributed by atoms with van der Waals surface area (Å²) in [6.45, 7) is 7.55. The number of halogens is 2. The maximum absolute atomic E-state index is 14.8. The van der Waals surface area contributed by atoms with E-state index in [1.165, 1.54) is 34.6 Å². The summed E-state index contributed by atoms with van der Waals surface area (Å²) >= 11 is 1.27. The van der Waals surface area contributed by atoms with E-state index in [0.717, 1.165) is 0 Å². The highest BCUT2D eigenvalue weighted by Gasteiger charge is 2.33. The first-order valence-corrected chi connectivity index (χ1v) is 12.1. The highest BCUT2D eigenvalue weighted by molar-refractivity contribution is 7.27. The first-order valence-electron chi connectivity index (χ1n) is 10.7. The molecule has 0 saturated carbocycles. The van der Waals surface area contributed by atoms with Crippen LogP contribution in [0.3, 0.4) is 0 Å². The Morgan fingerprint density at radius 3 is 2.62 bits per heavy atom. The molecule has 3 aromatic rings. The van der Waals surface area contributed by atoms with Crippen molar-refractivity contribution in [2.45, 2.75) is 26.7 Å². The first-order chi connectivity index (χ1) is 17.5. The summed E-state index contributed by atoms with van der Waals surface area (Å²) < 4.78 is 30.2. The van der Waals surface area contributed by atoms with Gasteiger partial charge in [0.05, 0.1) is 41.1 Å². The number of alkyl halides is 2. The first kappa shape index (κ1) is 27.5. The largest absolute Gasteiger partial charge is 0.353 e. The zero-order valence-electron chi connectivity index (χ0n) is 20.1. The van der Waals surface area contributed by atoms with E-state index < -0.39 is 23.1 Å². The lowest BCUT2D eigenvalue weighted by molar-refractivity contribution is -0.112. The van der Waals surface area contributed by atoms with Crippen molar-refractivity contribution in [3.63, 3.8) is 0 Å². The number of nitrogens with zero attached hydrogens (tertiary/aromatic N) is 5. The Morgan fingerprint density at radius 2 is 2.05 bits per heavy atom. The fourth-order valence-corrected chi connectivity index (χ4v) is 4.51. The Balaban J connectivity index is 2.09. The van der Waals surface area contributed by atoms with Gasteiger partial charge in [-0.2, -0.15) is 24.2 Å². The normalized spacial score (nSPS) is 13.6. The number of hydrogen-bond acceptors (Lipinski definition) is 8. The molecule has 0 radical (unpaired) electrons. The van der Waals surface area contributed by atoms with E-state index in [9.17, 15) is 18.8 Å². The number of thiophene rings is 1. The third-order valence-electron chi connectivity index (χ3n) is 5.10. The molecule has 3 heterocycles. The van der Waals surface area contributed by atoms with E-state index >= 15 is 0 Å². The van der Waals surface area contributed by atoms with Crippen LogP contribution in [0.5, 0.6) is 0 Å². The zero-order chi connectivity index (χ0) is 27.3. The third kappa shape index (κ3) is 6.02. The summed E-state index contributed by atoms with van der Waals surface area (Å²) in [6.07, 6.45) is 4.86. The number of nitrogens with one attached hydrogen (secondary N) is 3. The number of aryl methyl sites for hydroxylation is 1. The lowest BCUT2D eigenvalue weighted by atomic mass is 10.1. The summed E-state index contributed by atoms with van der Waals surface area (Å²) in [6, 6.07) is 5.29. The molecule has 1 amide bonds. The highest BCUT2D eigenvalue weighted by atomic mass is 32.1. The Morgan fingerprint density at radius 1 is 1.38 bits per heavy atom. The second kappa shape index (κ2) is 11.3. The van der Waals surface area contributed by atoms with Crippen LogP contribution in [-0.4, -0.2) is 38.0 Å². The Labute approximate surface area is 217 Å². The number of amides is 1. The molecule has 13 heteroatoms. The molecule has 190 valence electrons.